The van der Waals surface area contributed by atoms with Crippen LogP contribution in [0.15, 0.2) is 24.3 Å². The summed E-state index contributed by atoms with van der Waals surface area (Å²) in [6.07, 6.45) is 3.94. The zero-order valence-electron chi connectivity index (χ0n) is 12.5. The Kier molecular flexibility index (Phi) is 5.26. The molecular weight excluding hydrogens is 234 g/mol. The summed E-state index contributed by atoms with van der Waals surface area (Å²) in [4.78, 5) is 0. The van der Waals surface area contributed by atoms with E-state index in [1.807, 2.05) is 6.92 Å². The summed E-state index contributed by atoms with van der Waals surface area (Å²) in [7, 11) is 0. The van der Waals surface area contributed by atoms with Crippen LogP contribution < -0.4 is 10.1 Å². The highest BCUT2D eigenvalue weighted by molar-refractivity contribution is 5.30. The summed E-state index contributed by atoms with van der Waals surface area (Å²) < 4.78 is 5.52. The average Bonchev–Trinajstić information content (AvgIpc) is 3.25. The normalized spacial score (nSPS) is 18.1. The van der Waals surface area contributed by atoms with Gasteiger partial charge in [-0.1, -0.05) is 32.4 Å². The predicted molar refractivity (Wildman–Crippen MR) is 80.8 cm³/mol. The second-order valence-electron chi connectivity index (χ2n) is 5.68. The molecule has 0 radical (unpaired) electrons. The molecular formula is C17H27NO. The maximum atomic E-state index is 5.52. The lowest BCUT2D eigenvalue weighted by atomic mass is 9.85. The van der Waals surface area contributed by atoms with Gasteiger partial charge in [0.2, 0.25) is 0 Å². The maximum Gasteiger partial charge on any atom is 0.119 e. The number of hydrogen-bond acceptors (Lipinski definition) is 2. The zero-order chi connectivity index (χ0) is 13.7. The molecule has 1 saturated carbocycles. The molecule has 0 heterocycles. The number of benzene rings is 1. The van der Waals surface area contributed by atoms with Gasteiger partial charge < -0.3 is 10.1 Å². The summed E-state index contributed by atoms with van der Waals surface area (Å²) >= 11 is 0. The van der Waals surface area contributed by atoms with Gasteiger partial charge in [-0.15, -0.1) is 0 Å². The van der Waals surface area contributed by atoms with Crippen molar-refractivity contribution < 1.29 is 4.74 Å². The molecule has 2 atom stereocenters. The first-order valence-electron chi connectivity index (χ1n) is 7.70. The van der Waals surface area contributed by atoms with Gasteiger partial charge in [-0.05, 0) is 49.3 Å². The average molecular weight is 261 g/mol. The third kappa shape index (κ3) is 4.24. The molecule has 1 aliphatic rings. The highest BCUT2D eigenvalue weighted by Gasteiger charge is 2.24. The molecule has 2 rings (SSSR count). The molecule has 1 aromatic carbocycles. The van der Waals surface area contributed by atoms with E-state index in [2.05, 4.69) is 43.4 Å². The van der Waals surface area contributed by atoms with Crippen molar-refractivity contribution >= 4 is 0 Å². The standard InChI is InChI=1S/C17H27NO/c1-4-13(3)17(12-18-15-8-9-15)14-6-10-16(11-7-14)19-5-2/h6-7,10-11,13,15,17-18H,4-5,8-9,12H2,1-3H3. The van der Waals surface area contributed by atoms with E-state index in [0.29, 0.717) is 11.8 Å². The van der Waals surface area contributed by atoms with Crippen LogP contribution >= 0.6 is 0 Å². The molecule has 1 N–H and O–H groups in total. The van der Waals surface area contributed by atoms with Crippen molar-refractivity contribution in [2.75, 3.05) is 13.2 Å². The van der Waals surface area contributed by atoms with E-state index >= 15 is 0 Å². The van der Waals surface area contributed by atoms with Crippen LogP contribution in [0, 0.1) is 5.92 Å². The van der Waals surface area contributed by atoms with Crippen molar-refractivity contribution in [3.05, 3.63) is 29.8 Å². The molecule has 1 fully saturated rings. The first-order valence-corrected chi connectivity index (χ1v) is 7.70. The minimum Gasteiger partial charge on any atom is -0.494 e. The minimum atomic E-state index is 0.612. The third-order valence-electron chi connectivity index (χ3n) is 4.15. The van der Waals surface area contributed by atoms with Crippen LogP contribution in [0.2, 0.25) is 0 Å². The molecule has 0 aromatic heterocycles. The molecule has 1 aliphatic carbocycles. The van der Waals surface area contributed by atoms with Gasteiger partial charge in [0, 0.05) is 12.6 Å². The Morgan fingerprint density at radius 3 is 2.42 bits per heavy atom. The summed E-state index contributed by atoms with van der Waals surface area (Å²) in [5.41, 5.74) is 1.44. The van der Waals surface area contributed by atoms with E-state index in [0.717, 1.165) is 24.9 Å². The number of hydrogen-bond donors (Lipinski definition) is 1. The van der Waals surface area contributed by atoms with Crippen molar-refractivity contribution in [3.63, 3.8) is 0 Å². The molecule has 2 heteroatoms. The Morgan fingerprint density at radius 2 is 1.89 bits per heavy atom. The number of nitrogens with one attached hydrogen (secondary N) is 1. The van der Waals surface area contributed by atoms with Crippen LogP contribution in [0.1, 0.15) is 51.5 Å². The van der Waals surface area contributed by atoms with E-state index in [1.165, 1.54) is 24.8 Å². The summed E-state index contributed by atoms with van der Waals surface area (Å²) in [6.45, 7) is 8.50. The zero-order valence-corrected chi connectivity index (χ0v) is 12.5. The SMILES string of the molecule is CCOc1ccc(C(CNC2CC2)C(C)CC)cc1. The summed E-state index contributed by atoms with van der Waals surface area (Å²) in [5.74, 6) is 2.30. The van der Waals surface area contributed by atoms with Gasteiger partial charge in [0.15, 0.2) is 0 Å². The molecule has 106 valence electrons. The lowest BCUT2D eigenvalue weighted by Crippen LogP contribution is -2.27. The van der Waals surface area contributed by atoms with Gasteiger partial charge in [-0.3, -0.25) is 0 Å². The molecule has 0 saturated heterocycles. The summed E-state index contributed by atoms with van der Waals surface area (Å²) in [6, 6.07) is 9.46. The van der Waals surface area contributed by atoms with Crippen molar-refractivity contribution in [2.24, 2.45) is 5.92 Å². The Balaban J connectivity index is 2.02. The van der Waals surface area contributed by atoms with Crippen LogP contribution in [-0.4, -0.2) is 19.2 Å². The van der Waals surface area contributed by atoms with Gasteiger partial charge in [0.05, 0.1) is 6.61 Å². The molecule has 19 heavy (non-hydrogen) atoms. The molecule has 1 aromatic rings. The van der Waals surface area contributed by atoms with Crippen LogP contribution in [0.3, 0.4) is 0 Å². The van der Waals surface area contributed by atoms with Gasteiger partial charge in [0.1, 0.15) is 5.75 Å². The smallest absolute Gasteiger partial charge is 0.119 e. The maximum absolute atomic E-state index is 5.52. The Hall–Kier alpha value is -1.02. The Bertz CT molecular complexity index is 369. The van der Waals surface area contributed by atoms with Gasteiger partial charge in [-0.25, -0.2) is 0 Å². The molecule has 0 amide bonds. The van der Waals surface area contributed by atoms with Crippen LogP contribution in [0.4, 0.5) is 0 Å². The van der Waals surface area contributed by atoms with Gasteiger partial charge >= 0.3 is 0 Å². The minimum absolute atomic E-state index is 0.612. The first-order chi connectivity index (χ1) is 9.24. The van der Waals surface area contributed by atoms with E-state index in [-0.39, 0.29) is 0 Å². The van der Waals surface area contributed by atoms with E-state index in [1.54, 1.807) is 0 Å². The number of ether oxygens (including phenoxy) is 1. The predicted octanol–water partition coefficient (Wildman–Crippen LogP) is 3.97. The Morgan fingerprint density at radius 1 is 1.21 bits per heavy atom. The quantitative estimate of drug-likeness (QED) is 0.764. The largest absolute Gasteiger partial charge is 0.494 e. The highest BCUT2D eigenvalue weighted by Crippen LogP contribution is 2.29. The second kappa shape index (κ2) is 6.95. The van der Waals surface area contributed by atoms with Gasteiger partial charge in [-0.2, -0.15) is 0 Å². The third-order valence-corrected chi connectivity index (χ3v) is 4.15. The fourth-order valence-electron chi connectivity index (χ4n) is 2.49. The molecule has 0 spiro atoms. The van der Waals surface area contributed by atoms with Crippen LogP contribution in [-0.2, 0) is 0 Å². The summed E-state index contributed by atoms with van der Waals surface area (Å²) in [5, 5.41) is 3.68. The lowest BCUT2D eigenvalue weighted by Gasteiger charge is -2.24. The van der Waals surface area contributed by atoms with Crippen molar-refractivity contribution in [3.8, 4) is 5.75 Å². The fourth-order valence-corrected chi connectivity index (χ4v) is 2.49. The van der Waals surface area contributed by atoms with E-state index in [4.69, 9.17) is 4.74 Å². The van der Waals surface area contributed by atoms with Crippen molar-refractivity contribution in [2.45, 2.75) is 52.0 Å². The van der Waals surface area contributed by atoms with E-state index in [9.17, 15) is 0 Å². The highest BCUT2D eigenvalue weighted by atomic mass is 16.5. The topological polar surface area (TPSA) is 21.3 Å². The molecule has 0 aliphatic heterocycles. The van der Waals surface area contributed by atoms with Gasteiger partial charge in [0.25, 0.3) is 0 Å². The second-order valence-corrected chi connectivity index (χ2v) is 5.68. The van der Waals surface area contributed by atoms with E-state index < -0.39 is 0 Å². The number of rotatable bonds is 8. The van der Waals surface area contributed by atoms with Crippen LogP contribution in [0.25, 0.3) is 0 Å². The van der Waals surface area contributed by atoms with Crippen molar-refractivity contribution in [1.29, 1.82) is 0 Å². The molecule has 2 nitrogen and oxygen atoms in total. The van der Waals surface area contributed by atoms with Crippen molar-refractivity contribution in [1.82, 2.24) is 5.32 Å². The lowest BCUT2D eigenvalue weighted by molar-refractivity contribution is 0.339. The fraction of sp³-hybridized carbons (Fsp3) is 0.647. The Labute approximate surface area is 117 Å². The first kappa shape index (κ1) is 14.4. The monoisotopic (exact) mass is 261 g/mol. The molecule has 0 bridgehead atoms. The van der Waals surface area contributed by atoms with Crippen LogP contribution in [0.5, 0.6) is 5.75 Å². The molecule has 2 unspecified atom stereocenters.